The lowest BCUT2D eigenvalue weighted by Crippen LogP contribution is -2.25. The Kier molecular flexibility index (Phi) is 8.76. The zero-order valence-corrected chi connectivity index (χ0v) is 42.4. The summed E-state index contributed by atoms with van der Waals surface area (Å²) in [6, 6.07) is 76.2. The third kappa shape index (κ3) is 5.78. The molecule has 0 saturated heterocycles. The first-order valence-electron chi connectivity index (χ1n) is 26.4. The minimum atomic E-state index is -0.185. The van der Waals surface area contributed by atoms with Crippen molar-refractivity contribution in [1.29, 1.82) is 0 Å². The highest BCUT2D eigenvalue weighted by Crippen LogP contribution is 2.60. The van der Waals surface area contributed by atoms with E-state index < -0.39 is 0 Å². The molecule has 11 aromatic carbocycles. The Labute approximate surface area is 429 Å². The highest BCUT2D eigenvalue weighted by atomic mass is 14.5. The van der Waals surface area contributed by atoms with Crippen LogP contribution in [-0.4, -0.2) is 0 Å². The number of allylic oxidation sites excluding steroid dienone is 4. The van der Waals surface area contributed by atoms with Gasteiger partial charge in [0, 0.05) is 16.7 Å². The molecule has 0 N–H and O–H groups in total. The first kappa shape index (κ1) is 42.6. The van der Waals surface area contributed by atoms with Crippen molar-refractivity contribution < 1.29 is 0 Å². The molecule has 0 amide bonds. The number of benzene rings is 11. The third-order valence-corrected chi connectivity index (χ3v) is 18.3. The van der Waals surface area contributed by atoms with Crippen LogP contribution in [0.4, 0.5) is 0 Å². The average molecular weight is 933 g/mol. The molecule has 0 fully saturated rings. The molecule has 0 aromatic heterocycles. The van der Waals surface area contributed by atoms with Gasteiger partial charge in [0.25, 0.3) is 0 Å². The summed E-state index contributed by atoms with van der Waals surface area (Å²) in [7, 11) is 0. The Bertz CT molecular complexity index is 4170. The molecule has 4 aliphatic rings. The Hall–Kier alpha value is -8.06. The highest BCUT2D eigenvalue weighted by Gasteiger charge is 2.48. The van der Waals surface area contributed by atoms with E-state index in [1.54, 1.807) is 0 Å². The number of rotatable bonds is 4. The fraction of sp³-hybridized carbons (Fsp3) is 0.151. The van der Waals surface area contributed by atoms with E-state index in [4.69, 9.17) is 0 Å². The maximum Gasteiger partial charge on any atom is 0.0159 e. The van der Waals surface area contributed by atoms with Crippen LogP contribution in [0.1, 0.15) is 86.4 Å². The molecule has 15 rings (SSSR count). The monoisotopic (exact) mass is 932 g/mol. The fourth-order valence-electron chi connectivity index (χ4n) is 14.7. The van der Waals surface area contributed by atoms with Gasteiger partial charge in [0.05, 0.1) is 0 Å². The van der Waals surface area contributed by atoms with E-state index in [1.165, 1.54) is 143 Å². The molecule has 0 nitrogen and oxygen atoms in total. The van der Waals surface area contributed by atoms with Crippen molar-refractivity contribution in [2.75, 3.05) is 0 Å². The summed E-state index contributed by atoms with van der Waals surface area (Å²) in [5, 5.41) is 10.4. The van der Waals surface area contributed by atoms with Crippen LogP contribution in [0.25, 0.3) is 104 Å². The van der Waals surface area contributed by atoms with Crippen LogP contribution in [-0.2, 0) is 16.2 Å². The summed E-state index contributed by atoms with van der Waals surface area (Å²) in [4.78, 5) is 0. The number of fused-ring (bicyclic) bond motifs is 13. The van der Waals surface area contributed by atoms with Gasteiger partial charge in [0.15, 0.2) is 0 Å². The van der Waals surface area contributed by atoms with Gasteiger partial charge in [-0.15, -0.1) is 0 Å². The van der Waals surface area contributed by atoms with Crippen LogP contribution >= 0.6 is 0 Å². The predicted octanol–water partition coefficient (Wildman–Crippen LogP) is 19.6. The van der Waals surface area contributed by atoms with Gasteiger partial charge in [-0.1, -0.05) is 242 Å². The van der Waals surface area contributed by atoms with E-state index in [1.807, 2.05) is 0 Å². The topological polar surface area (TPSA) is 0 Å². The van der Waals surface area contributed by atoms with Crippen LogP contribution in [0.15, 0.2) is 218 Å². The van der Waals surface area contributed by atoms with Gasteiger partial charge in [0.1, 0.15) is 0 Å². The Morgan fingerprint density at radius 3 is 1.26 bits per heavy atom. The molecular weight excluding hydrogens is 877 g/mol. The van der Waals surface area contributed by atoms with Crippen LogP contribution in [0, 0.1) is 5.92 Å². The zero-order valence-electron chi connectivity index (χ0n) is 42.4. The molecule has 11 aromatic rings. The maximum atomic E-state index is 2.64. The summed E-state index contributed by atoms with van der Waals surface area (Å²) < 4.78 is 0. The van der Waals surface area contributed by atoms with Crippen LogP contribution in [0.3, 0.4) is 0 Å². The van der Waals surface area contributed by atoms with Crippen LogP contribution in [0.5, 0.6) is 0 Å². The summed E-state index contributed by atoms with van der Waals surface area (Å²) in [6.45, 7) is 14.7. The van der Waals surface area contributed by atoms with Crippen molar-refractivity contribution in [3.05, 3.63) is 257 Å². The Morgan fingerprint density at radius 1 is 0.315 bits per heavy atom. The van der Waals surface area contributed by atoms with E-state index in [9.17, 15) is 0 Å². The van der Waals surface area contributed by atoms with Crippen molar-refractivity contribution in [3.63, 3.8) is 0 Å². The number of hydrogen-bond acceptors (Lipinski definition) is 0. The van der Waals surface area contributed by atoms with Gasteiger partial charge >= 0.3 is 0 Å². The summed E-state index contributed by atoms with van der Waals surface area (Å²) >= 11 is 0. The van der Waals surface area contributed by atoms with Gasteiger partial charge in [-0.05, 0) is 173 Å². The molecule has 73 heavy (non-hydrogen) atoms. The van der Waals surface area contributed by atoms with Crippen LogP contribution < -0.4 is 0 Å². The minimum Gasteiger partial charge on any atom is -0.0758 e. The molecule has 0 spiro atoms. The van der Waals surface area contributed by atoms with E-state index >= 15 is 0 Å². The quantitative estimate of drug-likeness (QED) is 0.154. The standard InChI is InChI=1S/C73H56/c1-71(2)61-31-19-18-22-47(61)48-35-32-44(38-62(48)71)69-55-27-14-16-29-57(55)70(58-30-17-15-28-56(58)69)46-34-37-50-60-42-65-59(41-66(60)73(5,6)64(50)40-46)49-36-33-45(39-63(49)72(65,3)4)68-53-25-12-10-23-51(53)67(43-20-8-7-9-21-43)52-24-11-13-26-54(52)68/h7-42,49,63H,1-6H3. The molecule has 0 saturated carbocycles. The van der Waals surface area contributed by atoms with Gasteiger partial charge < -0.3 is 0 Å². The highest BCUT2D eigenvalue weighted by molar-refractivity contribution is 6.22. The summed E-state index contributed by atoms with van der Waals surface area (Å²) in [5.74, 6) is 0.629. The third-order valence-electron chi connectivity index (χ3n) is 18.3. The Balaban J connectivity index is 0.839. The van der Waals surface area contributed by atoms with Gasteiger partial charge in [-0.3, -0.25) is 0 Å². The summed E-state index contributed by atoms with van der Waals surface area (Å²) in [5.41, 5.74) is 24.2. The average Bonchev–Trinajstić information content (AvgIpc) is 3.89. The Morgan fingerprint density at radius 2 is 0.726 bits per heavy atom. The molecule has 2 atom stereocenters. The van der Waals surface area contributed by atoms with Crippen molar-refractivity contribution >= 4 is 48.7 Å². The zero-order chi connectivity index (χ0) is 49.1. The largest absolute Gasteiger partial charge is 0.0758 e. The SMILES string of the molecule is CC1(C)c2ccccc2-c2ccc(-c3c4ccccc4c(-c4ccc5c(c4)C(C)(C)c4cc6c(cc4-5)C(C)(C)C4C=C(c5c7ccccc7c(-c7ccccc7)c7ccccc57)C=CC64)c4ccccc34)cc21. The van der Waals surface area contributed by atoms with Crippen molar-refractivity contribution in [1.82, 2.24) is 0 Å². The molecule has 348 valence electrons. The lowest BCUT2D eigenvalue weighted by molar-refractivity contribution is 0.395. The summed E-state index contributed by atoms with van der Waals surface area (Å²) in [6.07, 6.45) is 7.64. The normalized spacial score (nSPS) is 18.1. The first-order chi connectivity index (χ1) is 35.5. The molecule has 0 heteroatoms. The molecule has 0 radical (unpaired) electrons. The van der Waals surface area contributed by atoms with Crippen LogP contribution in [0.2, 0.25) is 0 Å². The van der Waals surface area contributed by atoms with E-state index in [2.05, 4.69) is 260 Å². The molecule has 0 bridgehead atoms. The molecule has 4 aliphatic carbocycles. The molecule has 0 aliphatic heterocycles. The second-order valence-corrected chi connectivity index (χ2v) is 23.1. The van der Waals surface area contributed by atoms with Gasteiger partial charge in [0.2, 0.25) is 0 Å². The van der Waals surface area contributed by atoms with E-state index in [0.29, 0.717) is 11.8 Å². The lowest BCUT2D eigenvalue weighted by atomic mass is 9.72. The van der Waals surface area contributed by atoms with E-state index in [-0.39, 0.29) is 16.2 Å². The smallest absolute Gasteiger partial charge is 0.0159 e. The lowest BCUT2D eigenvalue weighted by Gasteiger charge is -2.31. The van der Waals surface area contributed by atoms with Gasteiger partial charge in [-0.25, -0.2) is 0 Å². The molecule has 0 heterocycles. The van der Waals surface area contributed by atoms with Crippen molar-refractivity contribution in [2.24, 2.45) is 5.92 Å². The maximum absolute atomic E-state index is 2.64. The first-order valence-corrected chi connectivity index (χ1v) is 26.4. The van der Waals surface area contributed by atoms with Gasteiger partial charge in [-0.2, -0.15) is 0 Å². The van der Waals surface area contributed by atoms with Crippen molar-refractivity contribution in [3.8, 4) is 55.6 Å². The second kappa shape index (κ2) is 15.0. The minimum absolute atomic E-state index is 0.0738. The predicted molar refractivity (Wildman–Crippen MR) is 311 cm³/mol. The molecular formula is C73H56. The fourth-order valence-corrected chi connectivity index (χ4v) is 14.7. The van der Waals surface area contributed by atoms with Crippen molar-refractivity contribution in [2.45, 2.75) is 63.7 Å². The second-order valence-electron chi connectivity index (χ2n) is 23.1. The molecule has 2 unspecified atom stereocenters. The number of hydrogen-bond donors (Lipinski definition) is 0. The van der Waals surface area contributed by atoms with E-state index in [0.717, 1.165) is 0 Å².